The summed E-state index contributed by atoms with van der Waals surface area (Å²) in [6.07, 6.45) is 33.5. The zero-order valence-corrected chi connectivity index (χ0v) is 16.9. The lowest BCUT2D eigenvalue weighted by Gasteiger charge is -2.03. The molecule has 0 rings (SSSR count). The van der Waals surface area contributed by atoms with E-state index in [0.29, 0.717) is 0 Å². The molecule has 0 heterocycles. The maximum atomic E-state index is 3.78. The monoisotopic (exact) mass is 334 g/mol. The molecule has 0 spiro atoms. The van der Waals surface area contributed by atoms with E-state index >= 15 is 0 Å². The molecule has 0 aromatic heterocycles. The first-order chi connectivity index (χ1) is 11.9. The van der Waals surface area contributed by atoms with Gasteiger partial charge in [0, 0.05) is 0 Å². The van der Waals surface area contributed by atoms with Gasteiger partial charge in [0.05, 0.1) is 0 Å². The highest BCUT2D eigenvalue weighted by atomic mass is 14.0. The summed E-state index contributed by atoms with van der Waals surface area (Å²) in [6.45, 7) is 5.99. The average Bonchev–Trinajstić information content (AvgIpc) is 2.60. The molecular formula is C24H46. The van der Waals surface area contributed by atoms with E-state index in [1.54, 1.807) is 0 Å². The lowest BCUT2D eigenvalue weighted by atomic mass is 10.0. The van der Waals surface area contributed by atoms with Crippen molar-refractivity contribution < 1.29 is 0 Å². The molecule has 142 valence electrons. The minimum atomic E-state index is 1.19. The first-order valence-electron chi connectivity index (χ1n) is 11.2. The predicted molar refractivity (Wildman–Crippen MR) is 113 cm³/mol. The number of rotatable bonds is 20. The topological polar surface area (TPSA) is 0 Å². The van der Waals surface area contributed by atoms with Gasteiger partial charge in [-0.2, -0.15) is 0 Å². The van der Waals surface area contributed by atoms with Crippen molar-refractivity contribution in [2.45, 2.75) is 129 Å². The fraction of sp³-hybridized carbons (Fsp3) is 0.833. The molecule has 0 atom stereocenters. The Morgan fingerprint density at radius 1 is 0.458 bits per heavy atom. The molecule has 0 unspecified atom stereocenters. The van der Waals surface area contributed by atoms with Crippen molar-refractivity contribution in [3.8, 4) is 0 Å². The first kappa shape index (κ1) is 23.5. The number of unbranched alkanes of at least 4 members (excludes halogenated alkanes) is 17. The smallest absolute Gasteiger partial charge is 0.0351 e. The van der Waals surface area contributed by atoms with E-state index in [1.807, 2.05) is 6.08 Å². The minimum Gasteiger partial charge on any atom is -0.103 e. The number of allylic oxidation sites excluding steroid dienone is 3. The van der Waals surface area contributed by atoms with Crippen LogP contribution in [0.15, 0.2) is 24.8 Å². The van der Waals surface area contributed by atoms with Gasteiger partial charge in [-0.15, -0.1) is 6.58 Å². The number of hydrogen-bond acceptors (Lipinski definition) is 0. The second-order valence-electron chi connectivity index (χ2n) is 7.40. The van der Waals surface area contributed by atoms with Gasteiger partial charge in [0.1, 0.15) is 0 Å². The second kappa shape index (κ2) is 22.5. The zero-order chi connectivity index (χ0) is 17.6. The third-order valence-corrected chi connectivity index (χ3v) is 4.93. The van der Waals surface area contributed by atoms with Gasteiger partial charge in [-0.1, -0.05) is 115 Å². The molecule has 0 radical (unpaired) electrons. The fourth-order valence-corrected chi connectivity index (χ4v) is 3.31. The highest BCUT2D eigenvalue weighted by Crippen LogP contribution is 2.14. The Hall–Kier alpha value is -0.520. The van der Waals surface area contributed by atoms with Gasteiger partial charge in [-0.25, -0.2) is 0 Å². The van der Waals surface area contributed by atoms with Crippen molar-refractivity contribution in [3.05, 3.63) is 24.8 Å². The van der Waals surface area contributed by atoms with Crippen LogP contribution < -0.4 is 0 Å². The predicted octanol–water partition coefficient (Wildman–Crippen LogP) is 9.16. The quantitative estimate of drug-likeness (QED) is 0.154. The Balaban J connectivity index is 2.98. The van der Waals surface area contributed by atoms with Crippen LogP contribution in [0.25, 0.3) is 0 Å². The van der Waals surface area contributed by atoms with E-state index in [9.17, 15) is 0 Å². The molecule has 0 aromatic rings. The summed E-state index contributed by atoms with van der Waals surface area (Å²) in [4.78, 5) is 0. The van der Waals surface area contributed by atoms with Gasteiger partial charge in [0.2, 0.25) is 0 Å². The van der Waals surface area contributed by atoms with Gasteiger partial charge >= 0.3 is 0 Å². The van der Waals surface area contributed by atoms with Gasteiger partial charge < -0.3 is 0 Å². The van der Waals surface area contributed by atoms with Crippen LogP contribution in [0.5, 0.6) is 0 Å². The normalized spacial score (nSPS) is 11.4. The molecule has 0 aliphatic carbocycles. The Bertz CT molecular complexity index is 251. The first-order valence-corrected chi connectivity index (χ1v) is 11.2. The van der Waals surface area contributed by atoms with Crippen molar-refractivity contribution in [1.29, 1.82) is 0 Å². The third kappa shape index (κ3) is 21.5. The summed E-state index contributed by atoms with van der Waals surface area (Å²) in [7, 11) is 0. The summed E-state index contributed by atoms with van der Waals surface area (Å²) >= 11 is 0. The van der Waals surface area contributed by atoms with Gasteiger partial charge in [0.15, 0.2) is 0 Å². The summed E-state index contributed by atoms with van der Waals surface area (Å²) < 4.78 is 0. The molecule has 24 heavy (non-hydrogen) atoms. The van der Waals surface area contributed by atoms with Crippen LogP contribution in [-0.4, -0.2) is 0 Å². The van der Waals surface area contributed by atoms with Crippen molar-refractivity contribution >= 4 is 0 Å². The summed E-state index contributed by atoms with van der Waals surface area (Å²) in [5.74, 6) is 0. The van der Waals surface area contributed by atoms with Crippen LogP contribution >= 0.6 is 0 Å². The van der Waals surface area contributed by atoms with Crippen LogP contribution in [0, 0.1) is 0 Å². The second-order valence-corrected chi connectivity index (χ2v) is 7.40. The fourth-order valence-electron chi connectivity index (χ4n) is 3.31. The lowest BCUT2D eigenvalue weighted by molar-refractivity contribution is 0.528. The average molecular weight is 335 g/mol. The maximum Gasteiger partial charge on any atom is -0.0351 e. The van der Waals surface area contributed by atoms with Crippen molar-refractivity contribution in [2.24, 2.45) is 0 Å². The minimum absolute atomic E-state index is 1.19. The van der Waals surface area contributed by atoms with Crippen LogP contribution in [0.2, 0.25) is 0 Å². The molecule has 0 bridgehead atoms. The van der Waals surface area contributed by atoms with Crippen molar-refractivity contribution in [3.63, 3.8) is 0 Å². The molecule has 0 fully saturated rings. The maximum absolute atomic E-state index is 3.78. The zero-order valence-electron chi connectivity index (χ0n) is 16.9. The molecule has 0 N–H and O–H groups in total. The van der Waals surface area contributed by atoms with E-state index < -0.39 is 0 Å². The summed E-state index contributed by atoms with van der Waals surface area (Å²) in [6, 6.07) is 0. The molecule has 0 amide bonds. The highest BCUT2D eigenvalue weighted by Gasteiger charge is 1.94. The molecule has 0 heteroatoms. The van der Waals surface area contributed by atoms with Gasteiger partial charge in [-0.05, 0) is 32.1 Å². The van der Waals surface area contributed by atoms with E-state index in [2.05, 4.69) is 25.7 Å². The van der Waals surface area contributed by atoms with Crippen molar-refractivity contribution in [1.82, 2.24) is 0 Å². The lowest BCUT2D eigenvalue weighted by Crippen LogP contribution is -1.83. The Kier molecular flexibility index (Phi) is 22.0. The van der Waals surface area contributed by atoms with Gasteiger partial charge in [0.25, 0.3) is 0 Å². The molecular weight excluding hydrogens is 288 g/mol. The molecule has 0 aliphatic rings. The van der Waals surface area contributed by atoms with Gasteiger partial charge in [-0.3, -0.25) is 0 Å². The van der Waals surface area contributed by atoms with E-state index in [1.165, 1.54) is 122 Å². The third-order valence-electron chi connectivity index (χ3n) is 4.93. The molecule has 0 saturated heterocycles. The molecule has 0 saturated carbocycles. The van der Waals surface area contributed by atoms with Crippen molar-refractivity contribution in [2.75, 3.05) is 0 Å². The Morgan fingerprint density at radius 3 is 1.12 bits per heavy atom. The SMILES string of the molecule is C=CCCCCCCCCCCCCCCCCCC/C=C/CC. The largest absolute Gasteiger partial charge is 0.103 e. The van der Waals surface area contributed by atoms with E-state index in [-0.39, 0.29) is 0 Å². The summed E-state index contributed by atoms with van der Waals surface area (Å²) in [5.41, 5.74) is 0. The van der Waals surface area contributed by atoms with E-state index in [4.69, 9.17) is 0 Å². The van der Waals surface area contributed by atoms with Crippen LogP contribution in [-0.2, 0) is 0 Å². The summed E-state index contributed by atoms with van der Waals surface area (Å²) in [5, 5.41) is 0. The molecule has 0 aromatic carbocycles. The molecule has 0 aliphatic heterocycles. The Morgan fingerprint density at radius 2 is 0.792 bits per heavy atom. The Labute approximate surface area is 154 Å². The van der Waals surface area contributed by atoms with E-state index in [0.717, 1.165) is 0 Å². The number of hydrogen-bond donors (Lipinski definition) is 0. The standard InChI is InChI=1S/C24H46/c1-3-5-7-9-11-13-15-17-19-21-23-24-22-20-18-16-14-12-10-8-6-4-2/h3,6,8H,1,4-5,7,9-24H2,2H3/b8-6+. The van der Waals surface area contributed by atoms with Crippen LogP contribution in [0.3, 0.4) is 0 Å². The molecule has 0 nitrogen and oxygen atoms in total. The highest BCUT2D eigenvalue weighted by molar-refractivity contribution is 4.79. The van der Waals surface area contributed by atoms with Crippen LogP contribution in [0.1, 0.15) is 129 Å². The van der Waals surface area contributed by atoms with Crippen LogP contribution in [0.4, 0.5) is 0 Å².